The van der Waals surface area contributed by atoms with Gasteiger partial charge in [-0.1, -0.05) is 42.0 Å². The van der Waals surface area contributed by atoms with Crippen molar-refractivity contribution >= 4 is 17.5 Å². The highest BCUT2D eigenvalue weighted by Gasteiger charge is 2.12. The number of pyridine rings is 1. The Hall–Kier alpha value is -3.47. The summed E-state index contributed by atoms with van der Waals surface area (Å²) in [5.41, 5.74) is 4.59. The van der Waals surface area contributed by atoms with E-state index in [0.717, 1.165) is 16.7 Å². The Morgan fingerprint density at radius 2 is 1.52 bits per heavy atom. The van der Waals surface area contributed by atoms with Gasteiger partial charge in [0, 0.05) is 24.6 Å². The number of amides is 2. The van der Waals surface area contributed by atoms with Gasteiger partial charge in [0.1, 0.15) is 0 Å². The molecule has 136 valence electrons. The van der Waals surface area contributed by atoms with Gasteiger partial charge < -0.3 is 10.6 Å². The number of benzene rings is 2. The summed E-state index contributed by atoms with van der Waals surface area (Å²) >= 11 is 0. The summed E-state index contributed by atoms with van der Waals surface area (Å²) in [5, 5.41) is 5.67. The Labute approximate surface area is 158 Å². The number of nitrogens with zero attached hydrogens (tertiary/aromatic N) is 1. The molecule has 2 aromatic carbocycles. The Morgan fingerprint density at radius 3 is 2.22 bits per heavy atom. The van der Waals surface area contributed by atoms with E-state index in [1.165, 1.54) is 12.4 Å². The molecule has 0 unspecified atom stereocenters. The van der Waals surface area contributed by atoms with E-state index in [4.69, 9.17) is 0 Å². The van der Waals surface area contributed by atoms with E-state index in [2.05, 4.69) is 15.6 Å². The fourth-order valence-electron chi connectivity index (χ4n) is 2.72. The van der Waals surface area contributed by atoms with Crippen LogP contribution >= 0.6 is 0 Å². The molecule has 0 atom stereocenters. The molecule has 27 heavy (non-hydrogen) atoms. The number of nitrogens with one attached hydrogen (secondary N) is 2. The van der Waals surface area contributed by atoms with E-state index in [-0.39, 0.29) is 11.8 Å². The fourth-order valence-corrected chi connectivity index (χ4v) is 2.72. The molecule has 0 aliphatic carbocycles. The van der Waals surface area contributed by atoms with Crippen molar-refractivity contribution in [2.45, 2.75) is 20.4 Å². The number of carbonyl (C=O) groups is 2. The Kier molecular flexibility index (Phi) is 5.61. The van der Waals surface area contributed by atoms with Crippen LogP contribution in [0.1, 0.15) is 37.4 Å². The smallest absolute Gasteiger partial charge is 0.257 e. The first-order chi connectivity index (χ1) is 13.0. The molecule has 0 aliphatic rings. The molecule has 1 heterocycles. The lowest BCUT2D eigenvalue weighted by atomic mass is 10.1. The zero-order valence-corrected chi connectivity index (χ0v) is 15.3. The Bertz CT molecular complexity index is 983. The van der Waals surface area contributed by atoms with Crippen LogP contribution in [0.5, 0.6) is 0 Å². The van der Waals surface area contributed by atoms with Crippen molar-refractivity contribution in [3.8, 4) is 0 Å². The van der Waals surface area contributed by atoms with Gasteiger partial charge in [0.05, 0.1) is 11.1 Å². The van der Waals surface area contributed by atoms with Gasteiger partial charge >= 0.3 is 0 Å². The van der Waals surface area contributed by atoms with Crippen LogP contribution in [0.4, 0.5) is 5.69 Å². The maximum atomic E-state index is 12.4. The van der Waals surface area contributed by atoms with E-state index >= 15 is 0 Å². The van der Waals surface area contributed by atoms with Crippen LogP contribution in [0.3, 0.4) is 0 Å². The van der Waals surface area contributed by atoms with Crippen molar-refractivity contribution in [2.75, 3.05) is 5.32 Å². The van der Waals surface area contributed by atoms with Gasteiger partial charge in [-0.15, -0.1) is 0 Å². The SMILES string of the molecule is Cc1cccc(CNC(=O)c2cncc(C(=O)Nc3cccc(C)c3)c2)c1. The van der Waals surface area contributed by atoms with Gasteiger partial charge in [0.15, 0.2) is 0 Å². The number of aromatic nitrogens is 1. The largest absolute Gasteiger partial charge is 0.348 e. The number of carbonyl (C=O) groups excluding carboxylic acids is 2. The molecular weight excluding hydrogens is 338 g/mol. The van der Waals surface area contributed by atoms with Crippen molar-refractivity contribution in [1.82, 2.24) is 10.3 Å². The van der Waals surface area contributed by atoms with Crippen LogP contribution in [0.15, 0.2) is 67.0 Å². The maximum Gasteiger partial charge on any atom is 0.257 e. The summed E-state index contributed by atoms with van der Waals surface area (Å²) in [6.45, 7) is 4.38. The first-order valence-corrected chi connectivity index (χ1v) is 8.68. The second kappa shape index (κ2) is 8.27. The highest BCUT2D eigenvalue weighted by atomic mass is 16.2. The maximum absolute atomic E-state index is 12.4. The molecule has 5 heteroatoms. The molecule has 0 bridgehead atoms. The summed E-state index contributed by atoms with van der Waals surface area (Å²) in [4.78, 5) is 28.9. The fraction of sp³-hybridized carbons (Fsp3) is 0.136. The monoisotopic (exact) mass is 359 g/mol. The molecule has 0 radical (unpaired) electrons. The first kappa shape index (κ1) is 18.3. The van der Waals surface area contributed by atoms with Crippen LogP contribution in [0.2, 0.25) is 0 Å². The predicted octanol–water partition coefficient (Wildman–Crippen LogP) is 3.88. The van der Waals surface area contributed by atoms with Gasteiger partial charge in [-0.2, -0.15) is 0 Å². The lowest BCUT2D eigenvalue weighted by molar-refractivity contribution is 0.0950. The molecule has 0 aliphatic heterocycles. The average Bonchev–Trinajstić information content (AvgIpc) is 2.66. The number of rotatable bonds is 5. The second-order valence-corrected chi connectivity index (χ2v) is 6.46. The zero-order chi connectivity index (χ0) is 19.2. The number of hydrogen-bond acceptors (Lipinski definition) is 3. The molecule has 2 N–H and O–H groups in total. The van der Waals surface area contributed by atoms with Gasteiger partial charge in [0.25, 0.3) is 11.8 Å². The summed E-state index contributed by atoms with van der Waals surface area (Å²) in [6.07, 6.45) is 2.90. The molecule has 0 saturated carbocycles. The van der Waals surface area contributed by atoms with Crippen LogP contribution in [0, 0.1) is 13.8 Å². The Balaban J connectivity index is 1.67. The zero-order valence-electron chi connectivity index (χ0n) is 15.3. The van der Waals surface area contributed by atoms with Gasteiger partial charge in [-0.3, -0.25) is 14.6 Å². The highest BCUT2D eigenvalue weighted by molar-refractivity contribution is 6.05. The van der Waals surface area contributed by atoms with Crippen LogP contribution in [-0.4, -0.2) is 16.8 Å². The first-order valence-electron chi connectivity index (χ1n) is 8.68. The molecule has 3 rings (SSSR count). The van der Waals surface area contributed by atoms with E-state index in [0.29, 0.717) is 23.4 Å². The van der Waals surface area contributed by atoms with Gasteiger partial charge in [-0.25, -0.2) is 0 Å². The molecule has 2 amide bonds. The minimum absolute atomic E-state index is 0.269. The van der Waals surface area contributed by atoms with Crippen LogP contribution in [0.25, 0.3) is 0 Å². The van der Waals surface area contributed by atoms with Crippen molar-refractivity contribution < 1.29 is 9.59 Å². The summed E-state index contributed by atoms with van der Waals surface area (Å²) in [5.74, 6) is -0.573. The molecule has 1 aromatic heterocycles. The predicted molar refractivity (Wildman–Crippen MR) is 106 cm³/mol. The van der Waals surface area contributed by atoms with Crippen LogP contribution < -0.4 is 10.6 Å². The lowest BCUT2D eigenvalue weighted by Crippen LogP contribution is -2.23. The molecule has 0 fully saturated rings. The van der Waals surface area contributed by atoms with E-state index in [1.807, 2.05) is 62.4 Å². The second-order valence-electron chi connectivity index (χ2n) is 6.46. The van der Waals surface area contributed by atoms with Crippen LogP contribution in [-0.2, 0) is 6.54 Å². The van der Waals surface area contributed by atoms with Crippen molar-refractivity contribution in [3.05, 3.63) is 94.8 Å². The highest BCUT2D eigenvalue weighted by Crippen LogP contribution is 2.12. The minimum atomic E-state index is -0.304. The molecule has 0 saturated heterocycles. The van der Waals surface area contributed by atoms with Gasteiger partial charge in [-0.05, 0) is 43.2 Å². The van der Waals surface area contributed by atoms with E-state index in [1.54, 1.807) is 6.07 Å². The number of hydrogen-bond donors (Lipinski definition) is 2. The molecule has 5 nitrogen and oxygen atoms in total. The van der Waals surface area contributed by atoms with Crippen molar-refractivity contribution in [2.24, 2.45) is 0 Å². The normalized spacial score (nSPS) is 10.3. The van der Waals surface area contributed by atoms with Crippen molar-refractivity contribution in [1.29, 1.82) is 0 Å². The van der Waals surface area contributed by atoms with Gasteiger partial charge in [0.2, 0.25) is 0 Å². The quantitative estimate of drug-likeness (QED) is 0.726. The minimum Gasteiger partial charge on any atom is -0.348 e. The third-order valence-electron chi connectivity index (χ3n) is 4.07. The summed E-state index contributed by atoms with van der Waals surface area (Å²) in [6, 6.07) is 17.0. The van der Waals surface area contributed by atoms with Crippen molar-refractivity contribution in [3.63, 3.8) is 0 Å². The Morgan fingerprint density at radius 1 is 0.852 bits per heavy atom. The number of anilines is 1. The number of aryl methyl sites for hydroxylation is 2. The van der Waals surface area contributed by atoms with E-state index in [9.17, 15) is 9.59 Å². The van der Waals surface area contributed by atoms with E-state index < -0.39 is 0 Å². The third-order valence-corrected chi connectivity index (χ3v) is 4.07. The molecular formula is C22H21N3O2. The average molecular weight is 359 g/mol. The molecule has 0 spiro atoms. The summed E-state index contributed by atoms with van der Waals surface area (Å²) < 4.78 is 0. The standard InChI is InChI=1S/C22H21N3O2/c1-15-5-3-7-17(9-15)12-24-21(26)18-11-19(14-23-13-18)22(27)25-20-8-4-6-16(2)10-20/h3-11,13-14H,12H2,1-2H3,(H,24,26)(H,25,27). The topological polar surface area (TPSA) is 71.1 Å². The third kappa shape index (κ3) is 5.01. The summed E-state index contributed by atoms with van der Waals surface area (Å²) in [7, 11) is 0. The molecule has 3 aromatic rings. The lowest BCUT2D eigenvalue weighted by Gasteiger charge is -2.08.